The minimum atomic E-state index is -0.985. The number of hydrazine groups is 1. The van der Waals surface area contributed by atoms with Gasteiger partial charge in [0.05, 0.1) is 20.5 Å². The zero-order valence-corrected chi connectivity index (χ0v) is 13.7. The van der Waals surface area contributed by atoms with Crippen LogP contribution in [-0.2, 0) is 0 Å². The number of nitrogens with zero attached hydrogens (tertiary/aromatic N) is 2. The third-order valence-electron chi connectivity index (χ3n) is 3.48. The van der Waals surface area contributed by atoms with Crippen molar-refractivity contribution in [1.29, 1.82) is 0 Å². The van der Waals surface area contributed by atoms with Crippen molar-refractivity contribution in [3.63, 3.8) is 0 Å². The minimum Gasteiger partial charge on any atom is -0.267 e. The molecule has 0 bridgehead atoms. The number of benzene rings is 2. The van der Waals surface area contributed by atoms with E-state index in [1.54, 1.807) is 0 Å². The van der Waals surface area contributed by atoms with E-state index in [0.717, 1.165) is 6.07 Å². The van der Waals surface area contributed by atoms with E-state index in [2.05, 4.69) is 5.43 Å². The van der Waals surface area contributed by atoms with Gasteiger partial charge < -0.3 is 0 Å². The Hall–Kier alpha value is -2.97. The predicted octanol–water partition coefficient (Wildman–Crippen LogP) is 2.84. The average molecular weight is 380 g/mol. The Balaban J connectivity index is 1.92. The Morgan fingerprint density at radius 1 is 1.08 bits per heavy atom. The molecule has 0 saturated carbocycles. The van der Waals surface area contributed by atoms with Crippen LogP contribution in [0.25, 0.3) is 0 Å². The maximum Gasteiger partial charge on any atom is 0.287 e. The van der Waals surface area contributed by atoms with Crippen LogP contribution in [0, 0.1) is 10.1 Å². The van der Waals surface area contributed by atoms with Crippen LogP contribution in [0.3, 0.4) is 0 Å². The summed E-state index contributed by atoms with van der Waals surface area (Å²) in [4.78, 5) is 47.2. The summed E-state index contributed by atoms with van der Waals surface area (Å²) in [6.07, 6.45) is 0. The molecule has 126 valence electrons. The Morgan fingerprint density at radius 3 is 2.44 bits per heavy atom. The van der Waals surface area contributed by atoms with Crippen molar-refractivity contribution in [3.05, 3.63) is 73.2 Å². The van der Waals surface area contributed by atoms with Crippen LogP contribution in [0.2, 0.25) is 10.0 Å². The van der Waals surface area contributed by atoms with Gasteiger partial charge in [0.25, 0.3) is 23.4 Å². The average Bonchev–Trinajstić information content (AvgIpc) is 2.82. The Morgan fingerprint density at radius 2 is 1.80 bits per heavy atom. The van der Waals surface area contributed by atoms with Gasteiger partial charge in [0.15, 0.2) is 0 Å². The van der Waals surface area contributed by atoms with Crippen molar-refractivity contribution in [1.82, 2.24) is 10.4 Å². The predicted molar refractivity (Wildman–Crippen MR) is 87.5 cm³/mol. The van der Waals surface area contributed by atoms with Crippen LogP contribution in [0.5, 0.6) is 0 Å². The topological polar surface area (TPSA) is 110 Å². The Bertz CT molecular complexity index is 960. The van der Waals surface area contributed by atoms with Gasteiger partial charge in [-0.05, 0) is 24.3 Å². The largest absolute Gasteiger partial charge is 0.287 e. The second kappa shape index (κ2) is 6.15. The molecule has 3 amide bonds. The Labute approximate surface area is 150 Å². The van der Waals surface area contributed by atoms with E-state index < -0.39 is 28.3 Å². The van der Waals surface area contributed by atoms with Crippen LogP contribution in [0.15, 0.2) is 36.4 Å². The molecule has 1 aliphatic rings. The highest BCUT2D eigenvalue weighted by molar-refractivity contribution is 6.42. The number of nitro benzene ring substituents is 1. The number of carbonyl (C=O) groups excluding carboxylic acids is 3. The van der Waals surface area contributed by atoms with Crippen molar-refractivity contribution >= 4 is 46.6 Å². The van der Waals surface area contributed by atoms with Gasteiger partial charge in [-0.25, -0.2) is 0 Å². The van der Waals surface area contributed by atoms with Crippen LogP contribution in [0.4, 0.5) is 5.69 Å². The van der Waals surface area contributed by atoms with E-state index >= 15 is 0 Å². The monoisotopic (exact) mass is 379 g/mol. The molecule has 0 atom stereocenters. The summed E-state index contributed by atoms with van der Waals surface area (Å²) in [5.41, 5.74) is 1.14. The van der Waals surface area contributed by atoms with Gasteiger partial charge in [-0.3, -0.25) is 29.9 Å². The van der Waals surface area contributed by atoms with Crippen molar-refractivity contribution < 1.29 is 19.3 Å². The first-order valence-corrected chi connectivity index (χ1v) is 7.49. The van der Waals surface area contributed by atoms with Gasteiger partial charge in [-0.2, -0.15) is 5.01 Å². The molecule has 0 unspecified atom stereocenters. The lowest BCUT2D eigenvalue weighted by atomic mass is 10.1. The van der Waals surface area contributed by atoms with E-state index in [9.17, 15) is 24.5 Å². The molecule has 2 aromatic carbocycles. The van der Waals surface area contributed by atoms with Crippen LogP contribution in [-0.4, -0.2) is 27.7 Å². The fraction of sp³-hybridized carbons (Fsp3) is 0. The van der Waals surface area contributed by atoms with E-state index in [1.807, 2.05) is 0 Å². The van der Waals surface area contributed by atoms with Crippen LogP contribution < -0.4 is 5.43 Å². The van der Waals surface area contributed by atoms with Crippen molar-refractivity contribution in [2.75, 3.05) is 0 Å². The molecule has 0 spiro atoms. The molecule has 1 aliphatic heterocycles. The molecular formula is C15H7Cl2N3O5. The lowest BCUT2D eigenvalue weighted by molar-refractivity contribution is -0.385. The number of imide groups is 1. The van der Waals surface area contributed by atoms with Gasteiger partial charge in [0.2, 0.25) is 0 Å². The second-order valence-corrected chi connectivity index (χ2v) is 5.79. The van der Waals surface area contributed by atoms with Gasteiger partial charge in [-0.1, -0.05) is 29.3 Å². The summed E-state index contributed by atoms with van der Waals surface area (Å²) < 4.78 is 0. The zero-order valence-electron chi connectivity index (χ0n) is 12.2. The first-order valence-electron chi connectivity index (χ1n) is 6.73. The molecule has 0 aliphatic carbocycles. The number of hydrogen-bond donors (Lipinski definition) is 1. The van der Waals surface area contributed by atoms with Crippen LogP contribution in [0.1, 0.15) is 31.1 Å². The van der Waals surface area contributed by atoms with Gasteiger partial charge in [0.1, 0.15) is 5.56 Å². The van der Waals surface area contributed by atoms with E-state index in [1.165, 1.54) is 30.3 Å². The van der Waals surface area contributed by atoms with Gasteiger partial charge in [0, 0.05) is 11.6 Å². The second-order valence-electron chi connectivity index (χ2n) is 4.97. The molecule has 0 radical (unpaired) electrons. The highest BCUT2D eigenvalue weighted by atomic mass is 35.5. The first kappa shape index (κ1) is 16.9. The maximum absolute atomic E-state index is 12.4. The highest BCUT2D eigenvalue weighted by Gasteiger charge is 2.42. The summed E-state index contributed by atoms with van der Waals surface area (Å²) in [5.74, 6) is -2.64. The zero-order chi connectivity index (χ0) is 18.3. The lowest BCUT2D eigenvalue weighted by Gasteiger charge is -2.15. The minimum absolute atomic E-state index is 0.0560. The number of fused-ring (bicyclic) bond motifs is 1. The van der Waals surface area contributed by atoms with Gasteiger partial charge in [-0.15, -0.1) is 0 Å². The fourth-order valence-corrected chi connectivity index (χ4v) is 2.62. The molecule has 10 heteroatoms. The summed E-state index contributed by atoms with van der Waals surface area (Å²) >= 11 is 11.6. The maximum atomic E-state index is 12.4. The Kier molecular flexibility index (Phi) is 4.15. The van der Waals surface area contributed by atoms with E-state index in [0.29, 0.717) is 5.01 Å². The summed E-state index contributed by atoms with van der Waals surface area (Å²) in [5, 5.41) is 11.8. The smallest absolute Gasteiger partial charge is 0.267 e. The third kappa shape index (κ3) is 2.81. The molecule has 0 fully saturated rings. The standard InChI is InChI=1S/C15H7Cl2N3O5/c16-9-5-4-7(6-10(9)17)13(21)18-19-14(22)8-2-1-3-11(20(24)25)12(8)15(19)23/h1-6H,(H,18,21). The molecule has 25 heavy (non-hydrogen) atoms. The van der Waals surface area contributed by atoms with Crippen molar-refractivity contribution in [2.24, 2.45) is 0 Å². The molecule has 8 nitrogen and oxygen atoms in total. The molecule has 0 saturated heterocycles. The molecule has 0 aromatic heterocycles. The summed E-state index contributed by atoms with van der Waals surface area (Å²) in [6.45, 7) is 0. The number of carbonyl (C=O) groups is 3. The number of halogens is 2. The van der Waals surface area contributed by atoms with E-state index in [4.69, 9.17) is 23.2 Å². The third-order valence-corrected chi connectivity index (χ3v) is 4.22. The first-order chi connectivity index (χ1) is 11.8. The molecule has 3 rings (SSSR count). The molecular weight excluding hydrogens is 373 g/mol. The quantitative estimate of drug-likeness (QED) is 0.500. The normalized spacial score (nSPS) is 13.0. The van der Waals surface area contributed by atoms with E-state index in [-0.39, 0.29) is 26.7 Å². The lowest BCUT2D eigenvalue weighted by Crippen LogP contribution is -2.45. The fourth-order valence-electron chi connectivity index (χ4n) is 2.32. The molecule has 1 heterocycles. The highest BCUT2D eigenvalue weighted by Crippen LogP contribution is 2.30. The number of nitrogens with one attached hydrogen (secondary N) is 1. The number of rotatable bonds is 3. The molecule has 2 aromatic rings. The summed E-state index contributed by atoms with van der Waals surface area (Å²) in [7, 11) is 0. The van der Waals surface area contributed by atoms with Gasteiger partial charge >= 0.3 is 0 Å². The van der Waals surface area contributed by atoms with Crippen LogP contribution >= 0.6 is 23.2 Å². The summed E-state index contributed by atoms with van der Waals surface area (Å²) in [6, 6.07) is 7.66. The SMILES string of the molecule is O=C(NN1C(=O)c2cccc([N+](=O)[O-])c2C1=O)c1ccc(Cl)c(Cl)c1. The molecule has 1 N–H and O–H groups in total. The number of nitro groups is 1. The number of hydrogen-bond acceptors (Lipinski definition) is 5. The van der Waals surface area contributed by atoms with Crippen molar-refractivity contribution in [2.45, 2.75) is 0 Å². The van der Waals surface area contributed by atoms with Crippen molar-refractivity contribution in [3.8, 4) is 0 Å². The number of amides is 3.